The van der Waals surface area contributed by atoms with Crippen molar-refractivity contribution in [2.24, 2.45) is 0 Å². The number of ether oxygens (including phenoxy) is 3. The molecule has 1 fully saturated rings. The van der Waals surface area contributed by atoms with Gasteiger partial charge in [-0.25, -0.2) is 9.37 Å². The number of rotatable bonds is 7. The lowest BCUT2D eigenvalue weighted by Crippen LogP contribution is -2.34. The number of aromatic nitrogens is 2. The van der Waals surface area contributed by atoms with E-state index in [-0.39, 0.29) is 11.1 Å². The standard InChI is InChI=1S/C26H22ClFN2O3/c27-25-14-21(28)8-11-24(25)26(17-30-13-12-29-18-30)32-16-23(33-26)15-31-22-9-6-20(7-10-22)19-4-2-1-3-5-19/h1-14,18,23H,15-17H2/t23-,26+/m0/s1. The SMILES string of the molecule is Fc1ccc([C@]2(Cn3ccnc3)OC[C@H](COc3ccc(-c4ccccc4)cc3)O2)c(Cl)c1. The van der Waals surface area contributed by atoms with E-state index in [1.54, 1.807) is 18.6 Å². The Labute approximate surface area is 196 Å². The van der Waals surface area contributed by atoms with Gasteiger partial charge in [0, 0.05) is 18.0 Å². The Kier molecular flexibility index (Phi) is 6.13. The minimum atomic E-state index is -1.17. The van der Waals surface area contributed by atoms with Crippen LogP contribution in [0, 0.1) is 5.82 Å². The summed E-state index contributed by atoms with van der Waals surface area (Å²) in [7, 11) is 0. The molecule has 5 rings (SSSR count). The number of imidazole rings is 1. The molecular formula is C26H22ClFN2O3. The van der Waals surface area contributed by atoms with Crippen molar-refractivity contribution in [3.8, 4) is 16.9 Å². The van der Waals surface area contributed by atoms with E-state index >= 15 is 0 Å². The van der Waals surface area contributed by atoms with Crippen LogP contribution < -0.4 is 4.74 Å². The monoisotopic (exact) mass is 464 g/mol. The minimum Gasteiger partial charge on any atom is -0.491 e. The van der Waals surface area contributed by atoms with Gasteiger partial charge in [-0.05, 0) is 41.5 Å². The fourth-order valence-electron chi connectivity index (χ4n) is 3.94. The highest BCUT2D eigenvalue weighted by Crippen LogP contribution is 2.40. The molecule has 1 aliphatic heterocycles. The van der Waals surface area contributed by atoms with Gasteiger partial charge in [-0.1, -0.05) is 54.1 Å². The van der Waals surface area contributed by atoms with E-state index in [1.165, 1.54) is 12.1 Å². The van der Waals surface area contributed by atoms with Gasteiger partial charge in [0.05, 0.1) is 24.5 Å². The molecule has 1 aliphatic rings. The van der Waals surface area contributed by atoms with Gasteiger partial charge in [0.2, 0.25) is 5.79 Å². The molecule has 1 saturated heterocycles. The third-order valence-corrected chi connectivity index (χ3v) is 5.86. The van der Waals surface area contributed by atoms with Crippen LogP contribution >= 0.6 is 11.6 Å². The predicted molar refractivity (Wildman–Crippen MR) is 124 cm³/mol. The van der Waals surface area contributed by atoms with E-state index in [4.69, 9.17) is 25.8 Å². The van der Waals surface area contributed by atoms with Gasteiger partial charge in [0.15, 0.2) is 0 Å². The Hall–Kier alpha value is -3.19. The summed E-state index contributed by atoms with van der Waals surface area (Å²) < 4.78 is 34.0. The topological polar surface area (TPSA) is 45.5 Å². The second-order valence-corrected chi connectivity index (χ2v) is 8.27. The van der Waals surface area contributed by atoms with Crippen LogP contribution in [0.3, 0.4) is 0 Å². The first kappa shape index (κ1) is 21.6. The fourth-order valence-corrected chi connectivity index (χ4v) is 4.25. The molecule has 168 valence electrons. The van der Waals surface area contributed by atoms with Crippen LogP contribution in [0.1, 0.15) is 5.56 Å². The van der Waals surface area contributed by atoms with Crippen molar-refractivity contribution in [2.75, 3.05) is 13.2 Å². The second kappa shape index (κ2) is 9.35. The molecule has 33 heavy (non-hydrogen) atoms. The quantitative estimate of drug-likeness (QED) is 0.352. The van der Waals surface area contributed by atoms with E-state index in [0.29, 0.717) is 25.3 Å². The van der Waals surface area contributed by atoms with Crippen LogP contribution in [-0.2, 0) is 21.8 Å². The molecule has 0 aliphatic carbocycles. The van der Waals surface area contributed by atoms with Gasteiger partial charge < -0.3 is 18.8 Å². The lowest BCUT2D eigenvalue weighted by atomic mass is 10.1. The average Bonchev–Trinajstić information content (AvgIpc) is 3.49. The number of benzene rings is 3. The van der Waals surface area contributed by atoms with Crippen molar-refractivity contribution in [1.29, 1.82) is 0 Å². The van der Waals surface area contributed by atoms with E-state index in [0.717, 1.165) is 16.9 Å². The molecule has 2 atom stereocenters. The third kappa shape index (κ3) is 4.78. The van der Waals surface area contributed by atoms with Crippen molar-refractivity contribution in [3.63, 3.8) is 0 Å². The second-order valence-electron chi connectivity index (χ2n) is 7.86. The maximum absolute atomic E-state index is 13.7. The highest BCUT2D eigenvalue weighted by atomic mass is 35.5. The largest absolute Gasteiger partial charge is 0.491 e. The number of halogens is 2. The normalized spacial score (nSPS) is 20.1. The van der Waals surface area contributed by atoms with Crippen molar-refractivity contribution < 1.29 is 18.6 Å². The van der Waals surface area contributed by atoms with Gasteiger partial charge in [-0.15, -0.1) is 0 Å². The molecule has 1 aromatic heterocycles. The molecule has 3 aromatic carbocycles. The minimum absolute atomic E-state index is 0.244. The van der Waals surface area contributed by atoms with Gasteiger partial charge in [-0.2, -0.15) is 0 Å². The molecule has 7 heteroatoms. The van der Waals surface area contributed by atoms with Crippen LogP contribution in [0.4, 0.5) is 4.39 Å². The highest BCUT2D eigenvalue weighted by Gasteiger charge is 2.45. The molecule has 5 nitrogen and oxygen atoms in total. The highest BCUT2D eigenvalue weighted by molar-refractivity contribution is 6.31. The summed E-state index contributed by atoms with van der Waals surface area (Å²) in [6.45, 7) is 0.931. The first-order valence-corrected chi connectivity index (χ1v) is 11.0. The van der Waals surface area contributed by atoms with Crippen LogP contribution in [0.2, 0.25) is 5.02 Å². The van der Waals surface area contributed by atoms with Crippen LogP contribution in [0.25, 0.3) is 11.1 Å². The Bertz CT molecular complexity index is 1200. The summed E-state index contributed by atoms with van der Waals surface area (Å²) in [5, 5.41) is 0.244. The Morgan fingerprint density at radius 1 is 1.06 bits per heavy atom. The van der Waals surface area contributed by atoms with Gasteiger partial charge >= 0.3 is 0 Å². The third-order valence-electron chi connectivity index (χ3n) is 5.55. The van der Waals surface area contributed by atoms with Crippen molar-refractivity contribution >= 4 is 11.6 Å². The van der Waals surface area contributed by atoms with Crippen LogP contribution in [-0.4, -0.2) is 28.9 Å². The summed E-state index contributed by atoms with van der Waals surface area (Å²) in [6, 6.07) is 22.3. The number of nitrogens with zero attached hydrogens (tertiary/aromatic N) is 2. The Balaban J connectivity index is 1.29. The lowest BCUT2D eigenvalue weighted by molar-refractivity contribution is -0.189. The average molecular weight is 465 g/mol. The Morgan fingerprint density at radius 2 is 1.85 bits per heavy atom. The molecule has 0 unspecified atom stereocenters. The lowest BCUT2D eigenvalue weighted by Gasteiger charge is -2.29. The summed E-state index contributed by atoms with van der Waals surface area (Å²) in [6.07, 6.45) is 4.83. The molecule has 0 amide bonds. The smallest absolute Gasteiger partial charge is 0.215 e. The maximum atomic E-state index is 13.7. The van der Waals surface area contributed by atoms with Gasteiger partial charge in [-0.3, -0.25) is 0 Å². The van der Waals surface area contributed by atoms with E-state index in [1.807, 2.05) is 53.2 Å². The molecule has 4 aromatic rings. The zero-order chi connectivity index (χ0) is 22.7. The maximum Gasteiger partial charge on any atom is 0.215 e. The molecule has 0 spiro atoms. The fraction of sp³-hybridized carbons (Fsp3) is 0.192. The molecule has 0 saturated carbocycles. The van der Waals surface area contributed by atoms with Gasteiger partial charge in [0.1, 0.15) is 24.3 Å². The zero-order valence-corrected chi connectivity index (χ0v) is 18.5. The molecule has 0 radical (unpaired) electrons. The molecule has 0 bridgehead atoms. The first-order valence-electron chi connectivity index (χ1n) is 10.6. The summed E-state index contributed by atoms with van der Waals surface area (Å²) in [5.41, 5.74) is 2.83. The van der Waals surface area contributed by atoms with Crippen LogP contribution in [0.5, 0.6) is 5.75 Å². The predicted octanol–water partition coefficient (Wildman–Crippen LogP) is 5.69. The summed E-state index contributed by atoms with van der Waals surface area (Å²) in [4.78, 5) is 4.08. The Morgan fingerprint density at radius 3 is 2.58 bits per heavy atom. The number of hydrogen-bond acceptors (Lipinski definition) is 4. The summed E-state index contributed by atoms with van der Waals surface area (Å²) >= 11 is 6.37. The van der Waals surface area contributed by atoms with Crippen LogP contribution in [0.15, 0.2) is 91.5 Å². The van der Waals surface area contributed by atoms with Gasteiger partial charge in [0.25, 0.3) is 0 Å². The first-order chi connectivity index (χ1) is 16.1. The molecular weight excluding hydrogens is 443 g/mol. The van der Waals surface area contributed by atoms with E-state index < -0.39 is 11.6 Å². The van der Waals surface area contributed by atoms with E-state index in [9.17, 15) is 4.39 Å². The van der Waals surface area contributed by atoms with E-state index in [2.05, 4.69) is 17.1 Å². The van der Waals surface area contributed by atoms with Crippen molar-refractivity contribution in [2.45, 2.75) is 18.4 Å². The van der Waals surface area contributed by atoms with Crippen molar-refractivity contribution in [3.05, 3.63) is 108 Å². The van der Waals surface area contributed by atoms with Crippen molar-refractivity contribution in [1.82, 2.24) is 9.55 Å². The number of hydrogen-bond donors (Lipinski definition) is 0. The summed E-state index contributed by atoms with van der Waals surface area (Å²) in [5.74, 6) is -0.847. The molecule has 2 heterocycles. The zero-order valence-electron chi connectivity index (χ0n) is 17.7. The molecule has 0 N–H and O–H groups in total.